The van der Waals surface area contributed by atoms with E-state index in [0.717, 1.165) is 16.9 Å². The Morgan fingerprint density at radius 3 is 2.29 bits per heavy atom. The summed E-state index contributed by atoms with van der Waals surface area (Å²) in [6.07, 6.45) is 0.493. The number of benzene rings is 3. The number of esters is 1. The number of carbonyl (C=O) groups excluding carboxylic acids is 3. The summed E-state index contributed by atoms with van der Waals surface area (Å²) in [7, 11) is 1.60. The molecule has 0 bridgehead atoms. The van der Waals surface area contributed by atoms with Gasteiger partial charge in [0.25, 0.3) is 11.8 Å². The maximum Gasteiger partial charge on any atom is 0.308 e. The van der Waals surface area contributed by atoms with Gasteiger partial charge in [0.1, 0.15) is 5.75 Å². The first-order valence-electron chi connectivity index (χ1n) is 11.1. The SMILES string of the molecule is COc1ccc(CCNC(=O)COC(=O)CC(NC(=O)c2ccccc2Cl)c2ccccc2)cc1. The molecule has 182 valence electrons. The smallest absolute Gasteiger partial charge is 0.308 e. The number of amides is 2. The van der Waals surface area contributed by atoms with Gasteiger partial charge < -0.3 is 20.1 Å². The van der Waals surface area contributed by atoms with E-state index in [1.807, 2.05) is 42.5 Å². The lowest BCUT2D eigenvalue weighted by atomic mass is 10.0. The van der Waals surface area contributed by atoms with E-state index >= 15 is 0 Å². The van der Waals surface area contributed by atoms with Gasteiger partial charge in [0.05, 0.1) is 30.2 Å². The molecular formula is C27H27ClN2O5. The van der Waals surface area contributed by atoms with Crippen LogP contribution in [-0.4, -0.2) is 38.0 Å². The van der Waals surface area contributed by atoms with Crippen molar-refractivity contribution in [3.8, 4) is 5.75 Å². The average Bonchev–Trinajstić information content (AvgIpc) is 2.88. The minimum absolute atomic E-state index is 0.140. The van der Waals surface area contributed by atoms with Gasteiger partial charge in [-0.3, -0.25) is 14.4 Å². The van der Waals surface area contributed by atoms with E-state index in [9.17, 15) is 14.4 Å². The molecule has 0 aromatic heterocycles. The van der Waals surface area contributed by atoms with Crippen molar-refractivity contribution in [2.45, 2.75) is 18.9 Å². The second kappa shape index (κ2) is 13.2. The molecule has 0 fully saturated rings. The summed E-state index contributed by atoms with van der Waals surface area (Å²) in [5.41, 5.74) is 2.08. The number of hydrogen-bond donors (Lipinski definition) is 2. The Hall–Kier alpha value is -3.84. The van der Waals surface area contributed by atoms with Crippen LogP contribution in [0.15, 0.2) is 78.9 Å². The minimum atomic E-state index is -0.648. The molecule has 3 aromatic carbocycles. The summed E-state index contributed by atoms with van der Waals surface area (Å²) >= 11 is 6.13. The van der Waals surface area contributed by atoms with Crippen LogP contribution in [0.4, 0.5) is 0 Å². The highest BCUT2D eigenvalue weighted by molar-refractivity contribution is 6.33. The predicted molar refractivity (Wildman–Crippen MR) is 133 cm³/mol. The second-order valence-electron chi connectivity index (χ2n) is 7.73. The van der Waals surface area contributed by atoms with Crippen LogP contribution < -0.4 is 15.4 Å². The van der Waals surface area contributed by atoms with Crippen molar-refractivity contribution in [3.63, 3.8) is 0 Å². The Bertz CT molecular complexity index is 1140. The Morgan fingerprint density at radius 2 is 1.60 bits per heavy atom. The zero-order chi connectivity index (χ0) is 25.0. The lowest BCUT2D eigenvalue weighted by molar-refractivity contribution is -0.149. The van der Waals surface area contributed by atoms with Gasteiger partial charge in [0.2, 0.25) is 0 Å². The van der Waals surface area contributed by atoms with Gasteiger partial charge in [-0.05, 0) is 41.8 Å². The quantitative estimate of drug-likeness (QED) is 0.391. The summed E-state index contributed by atoms with van der Waals surface area (Å²) in [5.74, 6) is -0.651. The van der Waals surface area contributed by atoms with Crippen molar-refractivity contribution in [2.24, 2.45) is 0 Å². The number of hydrogen-bond acceptors (Lipinski definition) is 5. The molecule has 0 aliphatic heterocycles. The molecule has 0 heterocycles. The second-order valence-corrected chi connectivity index (χ2v) is 8.14. The lowest BCUT2D eigenvalue weighted by Crippen LogP contribution is -2.33. The summed E-state index contributed by atoms with van der Waals surface area (Å²) < 4.78 is 10.3. The Labute approximate surface area is 209 Å². The summed E-state index contributed by atoms with van der Waals surface area (Å²) in [6.45, 7) is 0.00462. The summed E-state index contributed by atoms with van der Waals surface area (Å²) in [5, 5.41) is 5.87. The monoisotopic (exact) mass is 494 g/mol. The fraction of sp³-hybridized carbons (Fsp3) is 0.222. The highest BCUT2D eigenvalue weighted by atomic mass is 35.5. The molecule has 2 amide bonds. The third kappa shape index (κ3) is 8.15. The van der Waals surface area contributed by atoms with Crippen molar-refractivity contribution in [2.75, 3.05) is 20.3 Å². The van der Waals surface area contributed by atoms with Gasteiger partial charge in [0.15, 0.2) is 6.61 Å². The molecule has 0 aliphatic rings. The molecule has 3 aromatic rings. The van der Waals surface area contributed by atoms with Crippen LogP contribution in [0.3, 0.4) is 0 Å². The average molecular weight is 495 g/mol. The number of methoxy groups -OCH3 is 1. The van der Waals surface area contributed by atoms with Crippen molar-refractivity contribution >= 4 is 29.4 Å². The maximum absolute atomic E-state index is 12.7. The van der Waals surface area contributed by atoms with Gasteiger partial charge >= 0.3 is 5.97 Å². The largest absolute Gasteiger partial charge is 0.497 e. The van der Waals surface area contributed by atoms with E-state index in [1.54, 1.807) is 43.5 Å². The zero-order valence-electron chi connectivity index (χ0n) is 19.3. The number of ether oxygens (including phenoxy) is 2. The Balaban J connectivity index is 1.50. The van der Waals surface area contributed by atoms with E-state index < -0.39 is 30.4 Å². The molecule has 0 spiro atoms. The zero-order valence-corrected chi connectivity index (χ0v) is 20.1. The molecular weight excluding hydrogens is 468 g/mol. The van der Waals surface area contributed by atoms with Crippen LogP contribution in [0.25, 0.3) is 0 Å². The predicted octanol–water partition coefficient (Wildman–Crippen LogP) is 4.11. The van der Waals surface area contributed by atoms with E-state index in [-0.39, 0.29) is 6.42 Å². The van der Waals surface area contributed by atoms with Gasteiger partial charge in [-0.15, -0.1) is 0 Å². The molecule has 0 saturated heterocycles. The first-order valence-corrected chi connectivity index (χ1v) is 11.5. The number of nitrogens with one attached hydrogen (secondary N) is 2. The van der Waals surface area contributed by atoms with Crippen LogP contribution in [0.2, 0.25) is 5.02 Å². The summed E-state index contributed by atoms with van der Waals surface area (Å²) in [6, 6.07) is 22.6. The van der Waals surface area contributed by atoms with Gasteiger partial charge in [-0.2, -0.15) is 0 Å². The van der Waals surface area contributed by atoms with Crippen LogP contribution in [0.5, 0.6) is 5.75 Å². The Morgan fingerprint density at radius 1 is 0.914 bits per heavy atom. The molecule has 35 heavy (non-hydrogen) atoms. The van der Waals surface area contributed by atoms with Gasteiger partial charge in [-0.25, -0.2) is 0 Å². The maximum atomic E-state index is 12.7. The molecule has 0 radical (unpaired) electrons. The van der Waals surface area contributed by atoms with Crippen molar-refractivity contribution < 1.29 is 23.9 Å². The standard InChI is InChI=1S/C27H27ClN2O5/c1-34-21-13-11-19(12-14-21)15-16-29-25(31)18-35-26(32)17-24(20-7-3-2-4-8-20)30-27(33)22-9-5-6-10-23(22)28/h2-14,24H,15-18H2,1H3,(H,29,31)(H,30,33). The molecule has 7 nitrogen and oxygen atoms in total. The first-order chi connectivity index (χ1) is 17.0. The van der Waals surface area contributed by atoms with Crippen LogP contribution >= 0.6 is 11.6 Å². The molecule has 1 atom stereocenters. The van der Waals surface area contributed by atoms with Crippen LogP contribution in [-0.2, 0) is 20.7 Å². The van der Waals surface area contributed by atoms with E-state index in [4.69, 9.17) is 21.1 Å². The highest BCUT2D eigenvalue weighted by Gasteiger charge is 2.21. The third-order valence-corrected chi connectivity index (χ3v) is 5.59. The molecule has 0 aliphatic carbocycles. The van der Waals surface area contributed by atoms with E-state index in [2.05, 4.69) is 10.6 Å². The Kier molecular flexibility index (Phi) is 9.69. The number of carbonyl (C=O) groups is 3. The lowest BCUT2D eigenvalue weighted by Gasteiger charge is -2.19. The van der Waals surface area contributed by atoms with Crippen LogP contribution in [0.1, 0.15) is 33.9 Å². The number of halogens is 1. The number of rotatable bonds is 11. The van der Waals surface area contributed by atoms with Crippen molar-refractivity contribution in [1.82, 2.24) is 10.6 Å². The third-order valence-electron chi connectivity index (χ3n) is 5.26. The summed E-state index contributed by atoms with van der Waals surface area (Å²) in [4.78, 5) is 37.3. The fourth-order valence-electron chi connectivity index (χ4n) is 3.38. The van der Waals surface area contributed by atoms with Gasteiger partial charge in [0, 0.05) is 6.54 Å². The van der Waals surface area contributed by atoms with E-state index in [1.165, 1.54) is 0 Å². The minimum Gasteiger partial charge on any atom is -0.497 e. The van der Waals surface area contributed by atoms with Crippen LogP contribution in [0, 0.1) is 0 Å². The molecule has 8 heteroatoms. The molecule has 2 N–H and O–H groups in total. The van der Waals surface area contributed by atoms with E-state index in [0.29, 0.717) is 23.6 Å². The normalized spacial score (nSPS) is 11.3. The first kappa shape index (κ1) is 25.8. The van der Waals surface area contributed by atoms with Gasteiger partial charge in [-0.1, -0.05) is 66.2 Å². The van der Waals surface area contributed by atoms with Crippen molar-refractivity contribution in [1.29, 1.82) is 0 Å². The fourth-order valence-corrected chi connectivity index (χ4v) is 3.60. The molecule has 3 rings (SSSR count). The molecule has 1 unspecified atom stereocenters. The molecule has 0 saturated carbocycles. The highest BCUT2D eigenvalue weighted by Crippen LogP contribution is 2.20. The topological polar surface area (TPSA) is 93.7 Å². The van der Waals surface area contributed by atoms with Crippen molar-refractivity contribution in [3.05, 3.63) is 101 Å².